The van der Waals surface area contributed by atoms with E-state index in [-0.39, 0.29) is 17.7 Å². The number of anilines is 1. The Hall–Kier alpha value is -1.26. The molecule has 1 aromatic rings. The Labute approximate surface area is 134 Å². The number of hydrogen-bond donors (Lipinski definition) is 1. The summed E-state index contributed by atoms with van der Waals surface area (Å²) >= 11 is 11.9. The molecule has 2 rings (SSSR count). The molecule has 0 atom stereocenters. The van der Waals surface area contributed by atoms with E-state index in [1.54, 1.807) is 23.1 Å². The molecule has 2 amide bonds. The van der Waals surface area contributed by atoms with Crippen molar-refractivity contribution in [3.05, 3.63) is 28.2 Å². The molecule has 0 aliphatic heterocycles. The van der Waals surface area contributed by atoms with Gasteiger partial charge in [-0.1, -0.05) is 29.6 Å². The van der Waals surface area contributed by atoms with Crippen molar-refractivity contribution in [1.82, 2.24) is 5.32 Å². The molecule has 21 heavy (non-hydrogen) atoms. The number of nitrogens with zero attached hydrogens (tertiary/aromatic N) is 1. The van der Waals surface area contributed by atoms with Gasteiger partial charge in [0.2, 0.25) is 11.8 Å². The molecule has 0 bridgehead atoms. The molecule has 4 nitrogen and oxygen atoms in total. The van der Waals surface area contributed by atoms with Crippen LogP contribution in [0.4, 0.5) is 5.69 Å². The summed E-state index contributed by atoms with van der Waals surface area (Å²) in [6.07, 6.45) is 3.05. The topological polar surface area (TPSA) is 49.4 Å². The van der Waals surface area contributed by atoms with Crippen LogP contribution in [0.3, 0.4) is 0 Å². The summed E-state index contributed by atoms with van der Waals surface area (Å²) in [7, 11) is 0. The highest BCUT2D eigenvalue weighted by Crippen LogP contribution is 2.27. The van der Waals surface area contributed by atoms with E-state index in [9.17, 15) is 9.59 Å². The highest BCUT2D eigenvalue weighted by Gasteiger charge is 2.24. The molecule has 1 aliphatic carbocycles. The van der Waals surface area contributed by atoms with Crippen LogP contribution >= 0.6 is 23.2 Å². The third kappa shape index (κ3) is 4.35. The van der Waals surface area contributed by atoms with Crippen molar-refractivity contribution in [2.75, 3.05) is 18.0 Å². The van der Waals surface area contributed by atoms with Gasteiger partial charge in [-0.25, -0.2) is 0 Å². The molecule has 0 saturated heterocycles. The van der Waals surface area contributed by atoms with Crippen LogP contribution in [0, 0.1) is 5.92 Å². The molecule has 0 heterocycles. The molecule has 0 aromatic heterocycles. The van der Waals surface area contributed by atoms with Crippen LogP contribution in [0.2, 0.25) is 10.0 Å². The van der Waals surface area contributed by atoms with Gasteiger partial charge in [-0.2, -0.15) is 0 Å². The van der Waals surface area contributed by atoms with E-state index in [0.29, 0.717) is 28.8 Å². The third-order valence-electron chi connectivity index (χ3n) is 3.65. The Morgan fingerprint density at radius 2 is 1.86 bits per heavy atom. The lowest BCUT2D eigenvalue weighted by Gasteiger charge is -2.26. The Morgan fingerprint density at radius 1 is 1.24 bits per heavy atom. The molecular formula is C15H18Cl2N2O2. The van der Waals surface area contributed by atoms with Crippen molar-refractivity contribution in [3.8, 4) is 0 Å². The van der Waals surface area contributed by atoms with E-state index < -0.39 is 0 Å². The van der Waals surface area contributed by atoms with E-state index in [2.05, 4.69) is 5.32 Å². The molecular weight excluding hydrogens is 311 g/mol. The smallest absolute Gasteiger partial charge is 0.223 e. The monoisotopic (exact) mass is 328 g/mol. The zero-order valence-corrected chi connectivity index (χ0v) is 13.4. The molecule has 0 radical (unpaired) electrons. The molecule has 1 N–H and O–H groups in total. The van der Waals surface area contributed by atoms with Gasteiger partial charge in [-0.05, 0) is 31.0 Å². The first kappa shape index (κ1) is 16.1. The van der Waals surface area contributed by atoms with Crippen molar-refractivity contribution in [2.24, 2.45) is 5.92 Å². The average Bonchev–Trinajstić information content (AvgIpc) is 2.30. The first-order valence-electron chi connectivity index (χ1n) is 6.99. The molecule has 0 spiro atoms. The van der Waals surface area contributed by atoms with Gasteiger partial charge in [0.15, 0.2) is 0 Å². The fourth-order valence-corrected chi connectivity index (χ4v) is 2.78. The van der Waals surface area contributed by atoms with Crippen LogP contribution in [-0.4, -0.2) is 24.9 Å². The zero-order valence-electron chi connectivity index (χ0n) is 11.9. The maximum atomic E-state index is 11.8. The van der Waals surface area contributed by atoms with Crippen LogP contribution < -0.4 is 10.2 Å². The number of halogens is 2. The standard InChI is InChI=1S/C15H18Cl2N2O2/c1-10(20)19(14-8-12(16)7-13(17)9-14)6-5-18-15(21)11-3-2-4-11/h7-9,11H,2-6H2,1H3,(H,18,21). The van der Waals surface area contributed by atoms with Crippen LogP contribution in [0.15, 0.2) is 18.2 Å². The maximum Gasteiger partial charge on any atom is 0.223 e. The largest absolute Gasteiger partial charge is 0.354 e. The number of hydrogen-bond acceptors (Lipinski definition) is 2. The van der Waals surface area contributed by atoms with Crippen LogP contribution in [0.25, 0.3) is 0 Å². The molecule has 6 heteroatoms. The average molecular weight is 329 g/mol. The lowest BCUT2D eigenvalue weighted by atomic mass is 9.85. The van der Waals surface area contributed by atoms with E-state index in [0.717, 1.165) is 19.3 Å². The molecule has 1 aliphatic rings. The summed E-state index contributed by atoms with van der Waals surface area (Å²) < 4.78 is 0. The summed E-state index contributed by atoms with van der Waals surface area (Å²) in [5, 5.41) is 3.82. The van der Waals surface area contributed by atoms with Crippen LogP contribution in [0.1, 0.15) is 26.2 Å². The predicted octanol–water partition coefficient (Wildman–Crippen LogP) is 3.26. The maximum absolute atomic E-state index is 11.8. The zero-order chi connectivity index (χ0) is 15.4. The Bertz CT molecular complexity index is 524. The first-order chi connectivity index (χ1) is 9.97. The van der Waals surface area contributed by atoms with E-state index >= 15 is 0 Å². The number of amides is 2. The second-order valence-corrected chi connectivity index (χ2v) is 6.09. The minimum atomic E-state index is -0.119. The number of rotatable bonds is 5. The SMILES string of the molecule is CC(=O)N(CCNC(=O)C1CCC1)c1cc(Cl)cc(Cl)c1. The van der Waals surface area contributed by atoms with E-state index in [1.807, 2.05) is 0 Å². The molecule has 1 fully saturated rings. The number of nitrogens with one attached hydrogen (secondary N) is 1. The fraction of sp³-hybridized carbons (Fsp3) is 0.467. The molecule has 114 valence electrons. The lowest BCUT2D eigenvalue weighted by Crippen LogP contribution is -2.41. The Kier molecular flexibility index (Phi) is 5.48. The van der Waals surface area contributed by atoms with E-state index in [1.165, 1.54) is 6.92 Å². The lowest BCUT2D eigenvalue weighted by molar-refractivity contribution is -0.127. The van der Waals surface area contributed by atoms with Gasteiger partial charge in [0.25, 0.3) is 0 Å². The second-order valence-electron chi connectivity index (χ2n) is 5.22. The van der Waals surface area contributed by atoms with Crippen molar-refractivity contribution in [3.63, 3.8) is 0 Å². The van der Waals surface area contributed by atoms with Gasteiger partial charge in [0.1, 0.15) is 0 Å². The van der Waals surface area contributed by atoms with Crippen LogP contribution in [-0.2, 0) is 9.59 Å². The minimum Gasteiger partial charge on any atom is -0.354 e. The van der Waals surface area contributed by atoms with Gasteiger partial charge in [0, 0.05) is 41.7 Å². The summed E-state index contributed by atoms with van der Waals surface area (Å²) in [5.41, 5.74) is 0.637. The summed E-state index contributed by atoms with van der Waals surface area (Å²) in [5.74, 6) is 0.108. The first-order valence-corrected chi connectivity index (χ1v) is 7.75. The normalized spacial score (nSPS) is 14.4. The van der Waals surface area contributed by atoms with Gasteiger partial charge < -0.3 is 10.2 Å². The van der Waals surface area contributed by atoms with E-state index in [4.69, 9.17) is 23.2 Å². The number of carbonyl (C=O) groups excluding carboxylic acids is 2. The van der Waals surface area contributed by atoms with Crippen molar-refractivity contribution < 1.29 is 9.59 Å². The van der Waals surface area contributed by atoms with Gasteiger partial charge >= 0.3 is 0 Å². The molecule has 1 saturated carbocycles. The molecule has 1 aromatic carbocycles. The summed E-state index contributed by atoms with van der Waals surface area (Å²) in [4.78, 5) is 25.1. The highest BCUT2D eigenvalue weighted by molar-refractivity contribution is 6.35. The fourth-order valence-electron chi connectivity index (χ4n) is 2.27. The summed E-state index contributed by atoms with van der Waals surface area (Å²) in [6, 6.07) is 4.98. The highest BCUT2D eigenvalue weighted by atomic mass is 35.5. The van der Waals surface area contributed by atoms with Gasteiger partial charge in [-0.3, -0.25) is 9.59 Å². The van der Waals surface area contributed by atoms with Crippen molar-refractivity contribution in [1.29, 1.82) is 0 Å². The Balaban J connectivity index is 1.95. The minimum absolute atomic E-state index is 0.0777. The number of carbonyl (C=O) groups is 2. The summed E-state index contributed by atoms with van der Waals surface area (Å²) in [6.45, 7) is 2.28. The van der Waals surface area contributed by atoms with Gasteiger partial charge in [0.05, 0.1) is 0 Å². The van der Waals surface area contributed by atoms with Crippen molar-refractivity contribution >= 4 is 40.7 Å². The quantitative estimate of drug-likeness (QED) is 0.901. The third-order valence-corrected chi connectivity index (χ3v) is 4.09. The predicted molar refractivity (Wildman–Crippen MR) is 84.8 cm³/mol. The van der Waals surface area contributed by atoms with Gasteiger partial charge in [-0.15, -0.1) is 0 Å². The van der Waals surface area contributed by atoms with Crippen molar-refractivity contribution in [2.45, 2.75) is 26.2 Å². The number of benzene rings is 1. The Morgan fingerprint density at radius 3 is 2.33 bits per heavy atom. The second kappa shape index (κ2) is 7.14. The molecule has 0 unspecified atom stereocenters. The van der Waals surface area contributed by atoms with Crippen LogP contribution in [0.5, 0.6) is 0 Å².